The highest BCUT2D eigenvalue weighted by atomic mass is 32.2. The van der Waals surface area contributed by atoms with E-state index in [0.29, 0.717) is 23.1 Å². The number of ether oxygens (including phenoxy) is 1. The van der Waals surface area contributed by atoms with Crippen molar-refractivity contribution in [3.63, 3.8) is 0 Å². The summed E-state index contributed by atoms with van der Waals surface area (Å²) in [7, 11) is 0. The van der Waals surface area contributed by atoms with Crippen molar-refractivity contribution in [1.82, 2.24) is 4.98 Å². The second-order valence-corrected chi connectivity index (χ2v) is 4.82. The van der Waals surface area contributed by atoms with Gasteiger partial charge in [0.1, 0.15) is 12.0 Å². The first-order valence-electron chi connectivity index (χ1n) is 5.99. The van der Waals surface area contributed by atoms with Gasteiger partial charge in [0.15, 0.2) is 5.78 Å². The Bertz CT molecular complexity index is 552. The molecule has 5 heteroatoms. The molecule has 0 atom stereocenters. The van der Waals surface area contributed by atoms with Gasteiger partial charge >= 0.3 is 0 Å². The molecule has 0 radical (unpaired) electrons. The average molecular weight is 277 g/mol. The minimum Gasteiger partial charge on any atom is -0.494 e. The van der Waals surface area contributed by atoms with Gasteiger partial charge in [-0.2, -0.15) is 0 Å². The molecule has 0 aliphatic carbocycles. The van der Waals surface area contributed by atoms with E-state index >= 15 is 0 Å². The van der Waals surface area contributed by atoms with Crippen LogP contribution in [-0.4, -0.2) is 17.4 Å². The zero-order chi connectivity index (χ0) is 13.7. The summed E-state index contributed by atoms with van der Waals surface area (Å²) in [5.74, 6) is 1.49. The Balaban J connectivity index is 2.19. The lowest BCUT2D eigenvalue weighted by Gasteiger charge is -2.10. The molecule has 1 heterocycles. The molecule has 0 aliphatic heterocycles. The van der Waals surface area contributed by atoms with E-state index in [4.69, 9.17) is 9.15 Å². The first-order chi connectivity index (χ1) is 9.20. The molecule has 0 unspecified atom stereocenters. The number of oxazole rings is 1. The molecule has 0 bridgehead atoms. The van der Waals surface area contributed by atoms with Gasteiger partial charge in [-0.1, -0.05) is 11.8 Å². The molecule has 2 aromatic rings. The second-order valence-electron chi connectivity index (χ2n) is 3.90. The third-order valence-corrected chi connectivity index (χ3v) is 3.43. The molecule has 0 saturated carbocycles. The maximum absolute atomic E-state index is 11.4. The lowest BCUT2D eigenvalue weighted by atomic mass is 10.1. The van der Waals surface area contributed by atoms with Crippen molar-refractivity contribution in [2.75, 3.05) is 6.61 Å². The van der Waals surface area contributed by atoms with Gasteiger partial charge in [-0.25, -0.2) is 4.98 Å². The van der Waals surface area contributed by atoms with E-state index in [1.807, 2.05) is 19.1 Å². The highest BCUT2D eigenvalue weighted by molar-refractivity contribution is 7.98. The van der Waals surface area contributed by atoms with Crippen molar-refractivity contribution in [3.8, 4) is 5.75 Å². The number of Topliss-reactive ketones (excluding diaryl/α,β-unsaturated/α-hetero) is 1. The molecule has 1 aromatic heterocycles. The fourth-order valence-electron chi connectivity index (χ4n) is 1.63. The summed E-state index contributed by atoms with van der Waals surface area (Å²) in [6, 6.07) is 5.49. The number of carbonyl (C=O) groups excluding carboxylic acids is 1. The van der Waals surface area contributed by atoms with Crippen LogP contribution in [0.3, 0.4) is 0 Å². The van der Waals surface area contributed by atoms with Crippen molar-refractivity contribution in [3.05, 3.63) is 41.8 Å². The number of carbonyl (C=O) groups is 1. The maximum atomic E-state index is 11.4. The van der Waals surface area contributed by atoms with Gasteiger partial charge in [0, 0.05) is 16.9 Å². The minimum absolute atomic E-state index is 0.0467. The van der Waals surface area contributed by atoms with Crippen LogP contribution in [0, 0.1) is 0 Å². The third kappa shape index (κ3) is 3.61. The normalized spacial score (nSPS) is 10.4. The van der Waals surface area contributed by atoms with E-state index in [9.17, 15) is 4.79 Å². The van der Waals surface area contributed by atoms with Crippen LogP contribution in [0.2, 0.25) is 0 Å². The molecule has 0 N–H and O–H groups in total. The summed E-state index contributed by atoms with van der Waals surface area (Å²) >= 11 is 1.47. The van der Waals surface area contributed by atoms with Crippen LogP contribution in [0.15, 0.2) is 40.3 Å². The summed E-state index contributed by atoms with van der Waals surface area (Å²) in [4.78, 5) is 15.5. The Labute approximate surface area is 116 Å². The molecule has 0 aliphatic rings. The van der Waals surface area contributed by atoms with Crippen LogP contribution in [0.5, 0.6) is 5.75 Å². The molecule has 0 amide bonds. The highest BCUT2D eigenvalue weighted by Crippen LogP contribution is 2.28. The lowest BCUT2D eigenvalue weighted by molar-refractivity contribution is 0.101. The summed E-state index contributed by atoms with van der Waals surface area (Å²) in [5.41, 5.74) is 1.66. The van der Waals surface area contributed by atoms with Crippen molar-refractivity contribution in [2.24, 2.45) is 0 Å². The van der Waals surface area contributed by atoms with Gasteiger partial charge in [-0.3, -0.25) is 4.79 Å². The number of nitrogens with zero attached hydrogens (tertiary/aromatic N) is 1. The highest BCUT2D eigenvalue weighted by Gasteiger charge is 2.09. The van der Waals surface area contributed by atoms with E-state index in [2.05, 4.69) is 4.98 Å². The van der Waals surface area contributed by atoms with E-state index in [0.717, 1.165) is 11.3 Å². The molecule has 1 aromatic carbocycles. The fraction of sp³-hybridized carbons (Fsp3) is 0.286. The summed E-state index contributed by atoms with van der Waals surface area (Å²) in [5, 5.41) is 0.607. The van der Waals surface area contributed by atoms with Gasteiger partial charge in [-0.05, 0) is 32.0 Å². The summed E-state index contributed by atoms with van der Waals surface area (Å²) in [6.45, 7) is 4.08. The van der Waals surface area contributed by atoms with Crippen molar-refractivity contribution >= 4 is 17.5 Å². The maximum Gasteiger partial charge on any atom is 0.255 e. The van der Waals surface area contributed by atoms with Gasteiger partial charge in [-0.15, -0.1) is 0 Å². The fourth-order valence-corrected chi connectivity index (χ4v) is 2.39. The van der Waals surface area contributed by atoms with Crippen LogP contribution in [-0.2, 0) is 5.75 Å². The number of hydrogen-bond acceptors (Lipinski definition) is 5. The molecule has 100 valence electrons. The smallest absolute Gasteiger partial charge is 0.255 e. The molecule has 0 spiro atoms. The zero-order valence-corrected chi connectivity index (χ0v) is 11.7. The molecular formula is C14H15NO3S. The molecular weight excluding hydrogens is 262 g/mol. The summed E-state index contributed by atoms with van der Waals surface area (Å²) < 4.78 is 10.7. The molecule has 4 nitrogen and oxygen atoms in total. The van der Waals surface area contributed by atoms with Crippen molar-refractivity contribution in [2.45, 2.75) is 24.8 Å². The third-order valence-electron chi connectivity index (χ3n) is 2.53. The Morgan fingerprint density at radius 2 is 2.32 bits per heavy atom. The molecule has 19 heavy (non-hydrogen) atoms. The predicted octanol–water partition coefficient (Wildman–Crippen LogP) is 3.57. The number of thioether (sulfide) groups is 1. The van der Waals surface area contributed by atoms with Crippen LogP contribution < -0.4 is 4.74 Å². The Kier molecular flexibility index (Phi) is 4.63. The number of ketones is 1. The Morgan fingerprint density at radius 1 is 1.47 bits per heavy atom. The van der Waals surface area contributed by atoms with Gasteiger partial charge < -0.3 is 9.15 Å². The first kappa shape index (κ1) is 13.7. The first-order valence-corrected chi connectivity index (χ1v) is 6.98. The predicted molar refractivity (Wildman–Crippen MR) is 73.7 cm³/mol. The quantitative estimate of drug-likeness (QED) is 0.597. The zero-order valence-electron chi connectivity index (χ0n) is 10.9. The molecule has 0 saturated heterocycles. The molecule has 0 fully saturated rings. The van der Waals surface area contributed by atoms with Crippen molar-refractivity contribution < 1.29 is 13.9 Å². The number of aromatic nitrogens is 1. The number of rotatable bonds is 6. The Hall–Kier alpha value is -1.75. The lowest BCUT2D eigenvalue weighted by Crippen LogP contribution is -1.99. The van der Waals surface area contributed by atoms with Gasteiger partial charge in [0.25, 0.3) is 5.22 Å². The van der Waals surface area contributed by atoms with Crippen LogP contribution >= 0.6 is 11.8 Å². The number of benzene rings is 1. The van der Waals surface area contributed by atoms with Crippen molar-refractivity contribution in [1.29, 1.82) is 0 Å². The largest absolute Gasteiger partial charge is 0.494 e. The standard InChI is InChI=1S/C14H15NO3S/c1-3-17-13-5-4-11(10(2)16)8-12(13)9-19-14-15-6-7-18-14/h4-8H,3,9H2,1-2H3. The Morgan fingerprint density at radius 3 is 2.95 bits per heavy atom. The van der Waals surface area contributed by atoms with Gasteiger partial charge in [0.2, 0.25) is 0 Å². The number of hydrogen-bond donors (Lipinski definition) is 0. The van der Waals surface area contributed by atoms with E-state index < -0.39 is 0 Å². The van der Waals surface area contributed by atoms with Gasteiger partial charge in [0.05, 0.1) is 12.8 Å². The van der Waals surface area contributed by atoms with E-state index in [1.54, 1.807) is 19.2 Å². The summed E-state index contributed by atoms with van der Waals surface area (Å²) in [6.07, 6.45) is 3.15. The molecule has 2 rings (SSSR count). The minimum atomic E-state index is 0.0467. The average Bonchev–Trinajstić information content (AvgIpc) is 2.90. The van der Waals surface area contributed by atoms with Crippen LogP contribution in [0.4, 0.5) is 0 Å². The second kappa shape index (κ2) is 6.43. The van der Waals surface area contributed by atoms with Crippen LogP contribution in [0.25, 0.3) is 0 Å². The monoisotopic (exact) mass is 277 g/mol. The van der Waals surface area contributed by atoms with Crippen LogP contribution in [0.1, 0.15) is 29.8 Å². The van der Waals surface area contributed by atoms with E-state index in [-0.39, 0.29) is 5.78 Å². The van der Waals surface area contributed by atoms with E-state index in [1.165, 1.54) is 18.0 Å². The topological polar surface area (TPSA) is 52.3 Å². The SMILES string of the molecule is CCOc1ccc(C(C)=O)cc1CSc1ncco1.